The molecule has 1 saturated carbocycles. The molecule has 1 aromatic rings. The van der Waals surface area contributed by atoms with E-state index in [1.807, 2.05) is 0 Å². The Bertz CT molecular complexity index is 451. The molecule has 2 N–H and O–H groups in total. The van der Waals surface area contributed by atoms with Crippen LogP contribution in [-0.2, 0) is 5.54 Å². The second kappa shape index (κ2) is 4.04. The zero-order chi connectivity index (χ0) is 12.5. The van der Waals surface area contributed by atoms with Gasteiger partial charge in [0.15, 0.2) is 0 Å². The number of benzene rings is 1. The van der Waals surface area contributed by atoms with Crippen LogP contribution in [0, 0.1) is 10.1 Å². The smallest absolute Gasteiger partial charge is 0.405 e. The number of nitro benzene ring substituents is 1. The molecular formula is C11H12N2O4. The van der Waals surface area contributed by atoms with Crippen molar-refractivity contribution < 1.29 is 14.8 Å². The molecule has 1 aliphatic rings. The second-order valence-electron chi connectivity index (χ2n) is 4.17. The number of hydrogen-bond acceptors (Lipinski definition) is 3. The summed E-state index contributed by atoms with van der Waals surface area (Å²) >= 11 is 0. The van der Waals surface area contributed by atoms with Crippen LogP contribution in [0.25, 0.3) is 0 Å². The highest BCUT2D eigenvalue weighted by atomic mass is 16.6. The molecule has 0 atom stereocenters. The first-order chi connectivity index (χ1) is 8.03. The van der Waals surface area contributed by atoms with Crippen LogP contribution >= 0.6 is 0 Å². The van der Waals surface area contributed by atoms with Crippen molar-refractivity contribution in [3.8, 4) is 0 Å². The minimum absolute atomic E-state index is 0.0125. The van der Waals surface area contributed by atoms with Gasteiger partial charge in [0.25, 0.3) is 5.69 Å². The molecule has 1 amide bonds. The molecule has 1 aromatic carbocycles. The Morgan fingerprint density at radius 2 is 1.94 bits per heavy atom. The van der Waals surface area contributed by atoms with E-state index in [4.69, 9.17) is 5.11 Å². The van der Waals surface area contributed by atoms with Gasteiger partial charge in [-0.15, -0.1) is 0 Å². The van der Waals surface area contributed by atoms with E-state index >= 15 is 0 Å². The summed E-state index contributed by atoms with van der Waals surface area (Å²) in [6.07, 6.45) is 1.36. The Morgan fingerprint density at radius 1 is 1.35 bits per heavy atom. The van der Waals surface area contributed by atoms with Crippen LogP contribution in [-0.4, -0.2) is 16.1 Å². The first kappa shape index (κ1) is 11.4. The largest absolute Gasteiger partial charge is 0.465 e. The highest BCUT2D eigenvalue weighted by molar-refractivity contribution is 5.66. The summed E-state index contributed by atoms with van der Waals surface area (Å²) in [7, 11) is 0. The summed E-state index contributed by atoms with van der Waals surface area (Å²) in [5.74, 6) is 0. The third-order valence-corrected chi connectivity index (χ3v) is 3.18. The van der Waals surface area contributed by atoms with Gasteiger partial charge in [-0.3, -0.25) is 10.1 Å². The lowest BCUT2D eigenvalue weighted by Gasteiger charge is -2.42. The van der Waals surface area contributed by atoms with Crippen LogP contribution in [0.2, 0.25) is 0 Å². The Labute approximate surface area is 97.4 Å². The topological polar surface area (TPSA) is 92.5 Å². The fraction of sp³-hybridized carbons (Fsp3) is 0.364. The maximum atomic E-state index is 10.7. The highest BCUT2D eigenvalue weighted by Crippen LogP contribution is 2.41. The molecule has 17 heavy (non-hydrogen) atoms. The van der Waals surface area contributed by atoms with E-state index in [0.717, 1.165) is 24.8 Å². The molecule has 90 valence electrons. The van der Waals surface area contributed by atoms with Crippen LogP contribution in [0.5, 0.6) is 0 Å². The van der Waals surface area contributed by atoms with Crippen molar-refractivity contribution in [2.75, 3.05) is 0 Å². The summed E-state index contributed by atoms with van der Waals surface area (Å²) in [6.45, 7) is 0. The predicted molar refractivity (Wildman–Crippen MR) is 59.8 cm³/mol. The van der Waals surface area contributed by atoms with Crippen LogP contribution < -0.4 is 5.32 Å². The second-order valence-corrected chi connectivity index (χ2v) is 4.17. The van der Waals surface area contributed by atoms with E-state index in [0.29, 0.717) is 0 Å². The lowest BCUT2D eigenvalue weighted by Crippen LogP contribution is -2.50. The molecule has 6 heteroatoms. The molecule has 0 unspecified atom stereocenters. The molecule has 1 fully saturated rings. The monoisotopic (exact) mass is 236 g/mol. The predicted octanol–water partition coefficient (Wildman–Crippen LogP) is 2.24. The van der Waals surface area contributed by atoms with Gasteiger partial charge in [0.1, 0.15) is 0 Å². The third kappa shape index (κ3) is 2.06. The van der Waals surface area contributed by atoms with Crippen molar-refractivity contribution in [3.63, 3.8) is 0 Å². The molecule has 0 spiro atoms. The van der Waals surface area contributed by atoms with Crippen LogP contribution in [0.3, 0.4) is 0 Å². The normalized spacial score (nSPS) is 16.9. The minimum atomic E-state index is -1.07. The number of amides is 1. The van der Waals surface area contributed by atoms with Crippen molar-refractivity contribution in [3.05, 3.63) is 39.9 Å². The zero-order valence-corrected chi connectivity index (χ0v) is 9.05. The van der Waals surface area contributed by atoms with Gasteiger partial charge in [0, 0.05) is 12.1 Å². The van der Waals surface area contributed by atoms with E-state index < -0.39 is 16.6 Å². The lowest BCUT2D eigenvalue weighted by molar-refractivity contribution is -0.384. The lowest BCUT2D eigenvalue weighted by atomic mass is 9.72. The summed E-state index contributed by atoms with van der Waals surface area (Å²) in [5, 5.41) is 21.8. The number of carboxylic acid groups (broad SMARTS) is 1. The molecule has 6 nitrogen and oxygen atoms in total. The summed E-state index contributed by atoms with van der Waals surface area (Å²) in [6, 6.07) is 6.04. The molecule has 0 heterocycles. The standard InChI is InChI=1S/C11H12N2O4/c14-10(15)12-11(6-1-7-11)8-2-4-9(5-3-8)13(16)17/h2-5,12H,1,6-7H2,(H,14,15). The van der Waals surface area contributed by atoms with Crippen molar-refractivity contribution >= 4 is 11.8 Å². The average molecular weight is 236 g/mol. The van der Waals surface area contributed by atoms with Crippen molar-refractivity contribution in [1.29, 1.82) is 0 Å². The van der Waals surface area contributed by atoms with Gasteiger partial charge in [-0.1, -0.05) is 0 Å². The Balaban J connectivity index is 2.26. The van der Waals surface area contributed by atoms with Crippen LogP contribution in [0.15, 0.2) is 24.3 Å². The van der Waals surface area contributed by atoms with E-state index in [-0.39, 0.29) is 5.69 Å². The number of nitrogens with zero attached hydrogens (tertiary/aromatic N) is 1. The average Bonchev–Trinajstić information content (AvgIpc) is 2.23. The van der Waals surface area contributed by atoms with Gasteiger partial charge >= 0.3 is 6.09 Å². The maximum Gasteiger partial charge on any atom is 0.405 e. The summed E-state index contributed by atoms with van der Waals surface area (Å²) in [5.41, 5.74) is 0.247. The minimum Gasteiger partial charge on any atom is -0.465 e. The molecular weight excluding hydrogens is 224 g/mol. The molecule has 0 aliphatic heterocycles. The van der Waals surface area contributed by atoms with Gasteiger partial charge in [0.2, 0.25) is 0 Å². The maximum absolute atomic E-state index is 10.7. The number of hydrogen-bond donors (Lipinski definition) is 2. The van der Waals surface area contributed by atoms with Crippen molar-refractivity contribution in [2.24, 2.45) is 0 Å². The SMILES string of the molecule is O=C(O)NC1(c2ccc([N+](=O)[O-])cc2)CCC1. The third-order valence-electron chi connectivity index (χ3n) is 3.18. The van der Waals surface area contributed by atoms with E-state index in [2.05, 4.69) is 5.32 Å². The Kier molecular flexibility index (Phi) is 2.71. The number of nitro groups is 1. The number of nitrogens with one attached hydrogen (secondary N) is 1. The molecule has 2 rings (SSSR count). The molecule has 0 bridgehead atoms. The van der Waals surface area contributed by atoms with Crippen LogP contribution in [0.4, 0.5) is 10.5 Å². The molecule has 0 saturated heterocycles. The summed E-state index contributed by atoms with van der Waals surface area (Å²) < 4.78 is 0. The van der Waals surface area contributed by atoms with Crippen molar-refractivity contribution in [1.82, 2.24) is 5.32 Å². The van der Waals surface area contributed by atoms with Crippen LogP contribution in [0.1, 0.15) is 24.8 Å². The van der Waals surface area contributed by atoms with E-state index in [1.54, 1.807) is 12.1 Å². The Hall–Kier alpha value is -2.11. The van der Waals surface area contributed by atoms with Gasteiger partial charge in [-0.05, 0) is 37.0 Å². The van der Waals surface area contributed by atoms with Gasteiger partial charge in [0.05, 0.1) is 10.5 Å². The molecule has 0 aromatic heterocycles. The number of rotatable bonds is 3. The van der Waals surface area contributed by atoms with Gasteiger partial charge < -0.3 is 10.4 Å². The van der Waals surface area contributed by atoms with E-state index in [9.17, 15) is 14.9 Å². The fourth-order valence-corrected chi connectivity index (χ4v) is 2.12. The number of non-ortho nitro benzene ring substituents is 1. The van der Waals surface area contributed by atoms with Crippen molar-refractivity contribution in [2.45, 2.75) is 24.8 Å². The fourth-order valence-electron chi connectivity index (χ4n) is 2.12. The summed E-state index contributed by atoms with van der Waals surface area (Å²) in [4.78, 5) is 20.8. The first-order valence-electron chi connectivity index (χ1n) is 5.29. The first-order valence-corrected chi connectivity index (χ1v) is 5.29. The van der Waals surface area contributed by atoms with Gasteiger partial charge in [-0.2, -0.15) is 0 Å². The zero-order valence-electron chi connectivity index (χ0n) is 9.05. The molecule has 1 aliphatic carbocycles. The van der Waals surface area contributed by atoms with Gasteiger partial charge in [-0.25, -0.2) is 4.79 Å². The molecule has 0 radical (unpaired) electrons. The Morgan fingerprint density at radius 3 is 2.29 bits per heavy atom. The highest BCUT2D eigenvalue weighted by Gasteiger charge is 2.40. The number of carbonyl (C=O) groups is 1. The quantitative estimate of drug-likeness (QED) is 0.621. The van der Waals surface area contributed by atoms with E-state index in [1.165, 1.54) is 12.1 Å².